The molecular weight excluding hydrogens is 563 g/mol. The molecule has 3 aromatic rings. The molecule has 190 valence electrons. The molecule has 0 aliphatic heterocycles. The van der Waals surface area contributed by atoms with E-state index in [1.165, 1.54) is 0 Å². The minimum Gasteiger partial charge on any atom is -0.483 e. The Balaban J connectivity index is 1.56. The summed E-state index contributed by atoms with van der Waals surface area (Å²) < 4.78 is 6.74. The third kappa shape index (κ3) is 6.34. The van der Waals surface area contributed by atoms with Gasteiger partial charge in [0.2, 0.25) is 5.91 Å². The molecule has 4 rings (SSSR count). The third-order valence-electron chi connectivity index (χ3n) is 6.62. The van der Waals surface area contributed by atoms with Crippen LogP contribution in [0.5, 0.6) is 5.75 Å². The van der Waals surface area contributed by atoms with Gasteiger partial charge in [0.1, 0.15) is 11.8 Å². The van der Waals surface area contributed by atoms with E-state index in [9.17, 15) is 9.59 Å². The maximum absolute atomic E-state index is 13.6. The maximum Gasteiger partial charge on any atom is 0.261 e. The van der Waals surface area contributed by atoms with Gasteiger partial charge in [-0.1, -0.05) is 79.4 Å². The molecule has 2 amide bonds. The average Bonchev–Trinajstić information content (AvgIpc) is 3.38. The highest BCUT2D eigenvalue weighted by Crippen LogP contribution is 2.33. The van der Waals surface area contributed by atoms with Gasteiger partial charge in [0.05, 0.1) is 4.47 Å². The fourth-order valence-corrected chi connectivity index (χ4v) is 5.74. The normalized spacial score (nSPS) is 14.6. The second-order valence-corrected chi connectivity index (χ2v) is 10.7. The first-order chi connectivity index (χ1) is 17.4. The molecule has 0 unspecified atom stereocenters. The Labute approximate surface area is 230 Å². The van der Waals surface area contributed by atoms with Crippen molar-refractivity contribution in [1.82, 2.24) is 10.2 Å². The Morgan fingerprint density at radius 3 is 2.58 bits per heavy atom. The number of amides is 2. The molecular formula is C28H29BrCl2N2O3. The lowest BCUT2D eigenvalue weighted by Gasteiger charge is -2.31. The topological polar surface area (TPSA) is 58.6 Å². The maximum atomic E-state index is 13.6. The Kier molecular flexibility index (Phi) is 9.15. The van der Waals surface area contributed by atoms with Crippen molar-refractivity contribution in [1.29, 1.82) is 0 Å². The summed E-state index contributed by atoms with van der Waals surface area (Å²) in [6.45, 7) is 1.87. The summed E-state index contributed by atoms with van der Waals surface area (Å²) in [7, 11) is 0. The van der Waals surface area contributed by atoms with Gasteiger partial charge in [-0.15, -0.1) is 0 Å². The molecule has 3 aromatic carbocycles. The predicted molar refractivity (Wildman–Crippen MR) is 149 cm³/mol. The van der Waals surface area contributed by atoms with Crippen LogP contribution in [0.2, 0.25) is 10.0 Å². The first kappa shape index (κ1) is 26.8. The number of carbonyl (C=O) groups is 2. The highest BCUT2D eigenvalue weighted by atomic mass is 79.9. The first-order valence-corrected chi connectivity index (χ1v) is 13.8. The molecule has 0 radical (unpaired) electrons. The van der Waals surface area contributed by atoms with Crippen LogP contribution in [0.4, 0.5) is 0 Å². The van der Waals surface area contributed by atoms with Crippen molar-refractivity contribution >= 4 is 61.7 Å². The van der Waals surface area contributed by atoms with E-state index in [-0.39, 0.29) is 31.0 Å². The Morgan fingerprint density at radius 1 is 1.11 bits per heavy atom. The van der Waals surface area contributed by atoms with Gasteiger partial charge in [0, 0.05) is 22.6 Å². The van der Waals surface area contributed by atoms with Crippen molar-refractivity contribution in [2.75, 3.05) is 6.61 Å². The van der Waals surface area contributed by atoms with Crippen molar-refractivity contribution in [3.8, 4) is 5.75 Å². The van der Waals surface area contributed by atoms with E-state index >= 15 is 0 Å². The standard InChI is InChI=1S/C28H29BrCl2N2O3/c1-2-24(28(35)32-21-8-4-5-9-21)33(16-19-11-13-20(30)15-23(19)31)26(34)17-36-25-14-12-18-7-3-6-10-22(18)27(25)29/h3,6-7,10-15,21,24H,2,4-5,8-9,16-17H2,1H3,(H,32,35)/t24-/m0/s1. The minimum atomic E-state index is -0.645. The number of benzene rings is 3. The zero-order chi connectivity index (χ0) is 25.7. The van der Waals surface area contributed by atoms with Crippen LogP contribution in [0.15, 0.2) is 59.1 Å². The lowest BCUT2D eigenvalue weighted by molar-refractivity contribution is -0.143. The molecule has 36 heavy (non-hydrogen) atoms. The van der Waals surface area contributed by atoms with Crippen LogP contribution in [-0.4, -0.2) is 35.4 Å². The lowest BCUT2D eigenvalue weighted by atomic mass is 10.1. The van der Waals surface area contributed by atoms with Crippen LogP contribution < -0.4 is 10.1 Å². The SMILES string of the molecule is CC[C@@H](C(=O)NC1CCCC1)N(Cc1ccc(Cl)cc1Cl)C(=O)COc1ccc2ccccc2c1Br. The lowest BCUT2D eigenvalue weighted by Crippen LogP contribution is -2.52. The fraction of sp³-hybridized carbons (Fsp3) is 0.357. The van der Waals surface area contributed by atoms with Gasteiger partial charge in [0.25, 0.3) is 5.91 Å². The number of nitrogens with zero attached hydrogens (tertiary/aromatic N) is 1. The molecule has 0 saturated heterocycles. The smallest absolute Gasteiger partial charge is 0.261 e. The quantitative estimate of drug-likeness (QED) is 0.287. The van der Waals surface area contributed by atoms with E-state index in [4.69, 9.17) is 27.9 Å². The monoisotopic (exact) mass is 590 g/mol. The molecule has 0 spiro atoms. The van der Waals surface area contributed by atoms with Gasteiger partial charge in [-0.25, -0.2) is 0 Å². The van der Waals surface area contributed by atoms with Crippen molar-refractivity contribution in [3.63, 3.8) is 0 Å². The number of hydrogen-bond donors (Lipinski definition) is 1. The summed E-state index contributed by atoms with van der Waals surface area (Å²) >= 11 is 16.1. The zero-order valence-corrected chi connectivity index (χ0v) is 23.2. The van der Waals surface area contributed by atoms with Crippen LogP contribution in [-0.2, 0) is 16.1 Å². The van der Waals surface area contributed by atoms with E-state index in [1.54, 1.807) is 23.1 Å². The zero-order valence-electron chi connectivity index (χ0n) is 20.1. The molecule has 1 aliphatic carbocycles. The number of carbonyl (C=O) groups excluding carboxylic acids is 2. The van der Waals surface area contributed by atoms with Crippen molar-refractivity contribution in [2.45, 2.75) is 57.7 Å². The number of fused-ring (bicyclic) bond motifs is 1. The first-order valence-electron chi connectivity index (χ1n) is 12.2. The van der Waals surface area contributed by atoms with Gasteiger partial charge >= 0.3 is 0 Å². The van der Waals surface area contributed by atoms with Crippen molar-refractivity contribution in [2.24, 2.45) is 0 Å². The molecule has 1 atom stereocenters. The Hall–Kier alpha value is -2.28. The predicted octanol–water partition coefficient (Wildman–Crippen LogP) is 7.15. The summed E-state index contributed by atoms with van der Waals surface area (Å²) in [6.07, 6.45) is 4.63. The molecule has 1 N–H and O–H groups in total. The molecule has 8 heteroatoms. The van der Waals surface area contributed by atoms with E-state index in [1.807, 2.05) is 43.3 Å². The van der Waals surface area contributed by atoms with Crippen LogP contribution in [0.3, 0.4) is 0 Å². The largest absolute Gasteiger partial charge is 0.483 e. The number of halogens is 3. The van der Waals surface area contributed by atoms with E-state index in [0.29, 0.717) is 27.8 Å². The summed E-state index contributed by atoms with van der Waals surface area (Å²) in [5.74, 6) is 0.124. The van der Waals surface area contributed by atoms with E-state index in [2.05, 4.69) is 21.2 Å². The van der Waals surface area contributed by atoms with Gasteiger partial charge in [-0.2, -0.15) is 0 Å². The third-order valence-corrected chi connectivity index (χ3v) is 8.03. The van der Waals surface area contributed by atoms with Gasteiger partial charge in [0.15, 0.2) is 6.61 Å². The van der Waals surface area contributed by atoms with Crippen LogP contribution in [0.1, 0.15) is 44.6 Å². The molecule has 1 fully saturated rings. The number of rotatable bonds is 9. The molecule has 1 saturated carbocycles. The highest BCUT2D eigenvalue weighted by molar-refractivity contribution is 9.10. The number of nitrogens with one attached hydrogen (secondary N) is 1. The number of ether oxygens (including phenoxy) is 1. The van der Waals surface area contributed by atoms with Crippen molar-refractivity contribution in [3.05, 3.63) is 74.7 Å². The van der Waals surface area contributed by atoms with Crippen LogP contribution in [0.25, 0.3) is 10.8 Å². The Morgan fingerprint density at radius 2 is 1.86 bits per heavy atom. The molecule has 5 nitrogen and oxygen atoms in total. The average molecular weight is 592 g/mol. The Bertz CT molecular complexity index is 1250. The summed E-state index contributed by atoms with van der Waals surface area (Å²) in [4.78, 5) is 28.4. The van der Waals surface area contributed by atoms with Crippen LogP contribution in [0, 0.1) is 0 Å². The van der Waals surface area contributed by atoms with Gasteiger partial charge in [-0.3, -0.25) is 9.59 Å². The summed E-state index contributed by atoms with van der Waals surface area (Å²) in [6, 6.07) is 16.4. The van der Waals surface area contributed by atoms with E-state index in [0.717, 1.165) is 40.9 Å². The molecule has 0 aromatic heterocycles. The van der Waals surface area contributed by atoms with Gasteiger partial charge < -0.3 is 15.0 Å². The fourth-order valence-electron chi connectivity index (χ4n) is 4.67. The highest BCUT2D eigenvalue weighted by Gasteiger charge is 2.31. The van der Waals surface area contributed by atoms with Crippen LogP contribution >= 0.6 is 39.1 Å². The molecule has 0 bridgehead atoms. The van der Waals surface area contributed by atoms with Gasteiger partial charge in [-0.05, 0) is 69.7 Å². The second-order valence-electron chi connectivity index (χ2n) is 9.06. The molecule has 1 aliphatic rings. The number of hydrogen-bond acceptors (Lipinski definition) is 3. The van der Waals surface area contributed by atoms with Crippen molar-refractivity contribution < 1.29 is 14.3 Å². The minimum absolute atomic E-state index is 0.144. The molecule has 0 heterocycles. The summed E-state index contributed by atoms with van der Waals surface area (Å²) in [5, 5.41) is 6.16. The second kappa shape index (κ2) is 12.3. The van der Waals surface area contributed by atoms with E-state index < -0.39 is 6.04 Å². The summed E-state index contributed by atoms with van der Waals surface area (Å²) in [5.41, 5.74) is 0.716.